The van der Waals surface area contributed by atoms with Crippen molar-refractivity contribution in [2.24, 2.45) is 5.92 Å². The molecule has 0 amide bonds. The Kier molecular flexibility index (Phi) is 3.59. The lowest BCUT2D eigenvalue weighted by atomic mass is 9.95. The number of alkyl halides is 2. The molecule has 0 aromatic heterocycles. The minimum atomic E-state index is -0.0974. The first-order valence-electron chi connectivity index (χ1n) is 6.16. The molecular weight excluding hydrogens is 368 g/mol. The summed E-state index contributed by atoms with van der Waals surface area (Å²) in [6.45, 7) is 0. The molecule has 1 aliphatic carbocycles. The van der Waals surface area contributed by atoms with Gasteiger partial charge in [-0.05, 0) is 11.1 Å². The first kappa shape index (κ1) is 13.1. The van der Waals surface area contributed by atoms with Gasteiger partial charge in [-0.1, -0.05) is 86.5 Å². The average Bonchev–Trinajstić information content (AvgIpc) is 2.72. The maximum atomic E-state index is 12.6. The molecule has 1 aliphatic rings. The van der Waals surface area contributed by atoms with Crippen molar-refractivity contribution in [2.45, 2.75) is 9.65 Å². The Balaban J connectivity index is 1.98. The lowest BCUT2D eigenvalue weighted by molar-refractivity contribution is 0.0935. The molecule has 96 valence electrons. The number of rotatable bonds is 2. The highest BCUT2D eigenvalue weighted by Crippen LogP contribution is 2.50. The Morgan fingerprint density at radius 2 is 1.58 bits per heavy atom. The van der Waals surface area contributed by atoms with Crippen molar-refractivity contribution in [2.75, 3.05) is 0 Å². The van der Waals surface area contributed by atoms with Gasteiger partial charge in [-0.2, -0.15) is 0 Å². The summed E-state index contributed by atoms with van der Waals surface area (Å²) in [5.74, 6) is 0.114. The van der Waals surface area contributed by atoms with E-state index in [9.17, 15) is 4.79 Å². The molecule has 3 atom stereocenters. The van der Waals surface area contributed by atoms with Gasteiger partial charge in [-0.3, -0.25) is 4.79 Å². The zero-order valence-electron chi connectivity index (χ0n) is 10.1. The van der Waals surface area contributed by atoms with Crippen molar-refractivity contribution in [3.05, 3.63) is 71.3 Å². The minimum Gasteiger partial charge on any atom is -0.294 e. The largest absolute Gasteiger partial charge is 0.294 e. The van der Waals surface area contributed by atoms with Crippen LogP contribution in [0.4, 0.5) is 0 Å². The third-order valence-corrected chi connectivity index (χ3v) is 5.74. The molecule has 2 aromatic carbocycles. The Morgan fingerprint density at radius 1 is 0.947 bits per heavy atom. The highest BCUT2D eigenvalue weighted by molar-refractivity contribution is 9.10. The van der Waals surface area contributed by atoms with Crippen LogP contribution in [0.1, 0.15) is 31.1 Å². The fourth-order valence-electron chi connectivity index (χ4n) is 2.59. The maximum absolute atomic E-state index is 12.6. The minimum absolute atomic E-state index is 0.0259. The number of ketones is 1. The molecule has 0 fully saturated rings. The molecule has 0 N–H and O–H groups in total. The van der Waals surface area contributed by atoms with E-state index in [1.807, 2.05) is 42.5 Å². The van der Waals surface area contributed by atoms with Crippen LogP contribution in [0.5, 0.6) is 0 Å². The molecule has 0 spiro atoms. The summed E-state index contributed by atoms with van der Waals surface area (Å²) in [7, 11) is 0. The topological polar surface area (TPSA) is 17.1 Å². The van der Waals surface area contributed by atoms with Gasteiger partial charge in [0.25, 0.3) is 0 Å². The maximum Gasteiger partial charge on any atom is 0.169 e. The first-order valence-corrected chi connectivity index (χ1v) is 7.99. The Bertz CT molecular complexity index is 609. The van der Waals surface area contributed by atoms with Crippen LogP contribution < -0.4 is 0 Å². The third-order valence-electron chi connectivity index (χ3n) is 3.57. The van der Waals surface area contributed by atoms with Gasteiger partial charge in [0.1, 0.15) is 0 Å². The van der Waals surface area contributed by atoms with Crippen LogP contribution in [0.25, 0.3) is 0 Å². The van der Waals surface area contributed by atoms with Gasteiger partial charge in [0, 0.05) is 5.56 Å². The smallest absolute Gasteiger partial charge is 0.169 e. The van der Waals surface area contributed by atoms with Crippen molar-refractivity contribution in [1.29, 1.82) is 0 Å². The summed E-state index contributed by atoms with van der Waals surface area (Å²) >= 11 is 7.39. The zero-order chi connectivity index (χ0) is 13.4. The summed E-state index contributed by atoms with van der Waals surface area (Å²) in [6.07, 6.45) is 0. The quantitative estimate of drug-likeness (QED) is 0.665. The number of Topliss-reactive ketones (excluding diaryl/α,β-unsaturated/α-hetero) is 1. The van der Waals surface area contributed by atoms with E-state index < -0.39 is 0 Å². The van der Waals surface area contributed by atoms with Crippen LogP contribution >= 0.6 is 31.9 Å². The summed E-state index contributed by atoms with van der Waals surface area (Å²) in [5.41, 5.74) is 3.07. The van der Waals surface area contributed by atoms with Gasteiger partial charge in [-0.15, -0.1) is 0 Å². The van der Waals surface area contributed by atoms with E-state index in [-0.39, 0.29) is 21.4 Å². The SMILES string of the molecule is O=C1c2ccccc2C(Br)C1C(Br)c1ccccc1. The van der Waals surface area contributed by atoms with E-state index in [0.717, 1.165) is 16.7 Å². The van der Waals surface area contributed by atoms with Crippen molar-refractivity contribution in [1.82, 2.24) is 0 Å². The molecule has 0 saturated carbocycles. The monoisotopic (exact) mass is 378 g/mol. The van der Waals surface area contributed by atoms with E-state index in [4.69, 9.17) is 0 Å². The molecule has 0 aliphatic heterocycles. The molecule has 3 heteroatoms. The number of fused-ring (bicyclic) bond motifs is 1. The predicted molar refractivity (Wildman–Crippen MR) is 84.0 cm³/mol. The molecular formula is C16H12Br2O. The fourth-order valence-corrected chi connectivity index (χ4v) is 4.80. The standard InChI is InChI=1S/C16H12Br2O/c17-14(10-6-2-1-3-7-10)13-15(18)11-8-4-5-9-12(11)16(13)19/h1-9,13-15H. The zero-order valence-corrected chi connectivity index (χ0v) is 13.3. The molecule has 3 rings (SSSR count). The van der Waals surface area contributed by atoms with E-state index in [0.29, 0.717) is 0 Å². The number of carbonyl (C=O) groups is 1. The highest BCUT2D eigenvalue weighted by atomic mass is 79.9. The number of carbonyl (C=O) groups excluding carboxylic acids is 1. The summed E-state index contributed by atoms with van der Waals surface area (Å²) in [5, 5.41) is 0. The molecule has 0 saturated heterocycles. The van der Waals surface area contributed by atoms with Crippen LogP contribution in [0.15, 0.2) is 54.6 Å². The van der Waals surface area contributed by atoms with Gasteiger partial charge in [-0.25, -0.2) is 0 Å². The second-order valence-corrected chi connectivity index (χ2v) is 6.66. The molecule has 0 bridgehead atoms. The van der Waals surface area contributed by atoms with Crippen LogP contribution in [-0.2, 0) is 0 Å². The van der Waals surface area contributed by atoms with Crippen molar-refractivity contribution in [3.63, 3.8) is 0 Å². The first-order chi connectivity index (χ1) is 9.20. The second kappa shape index (κ2) is 5.22. The third kappa shape index (κ3) is 2.19. The van der Waals surface area contributed by atoms with Crippen LogP contribution in [0.2, 0.25) is 0 Å². The van der Waals surface area contributed by atoms with Crippen molar-refractivity contribution < 1.29 is 4.79 Å². The molecule has 2 aromatic rings. The lowest BCUT2D eigenvalue weighted by Crippen LogP contribution is -2.16. The summed E-state index contributed by atoms with van der Waals surface area (Å²) in [4.78, 5) is 12.7. The second-order valence-electron chi connectivity index (χ2n) is 4.69. The normalized spacial score (nSPS) is 23.2. The Hall–Kier alpha value is -0.930. The van der Waals surface area contributed by atoms with Crippen molar-refractivity contribution >= 4 is 37.6 Å². The number of benzene rings is 2. The van der Waals surface area contributed by atoms with Crippen molar-refractivity contribution in [3.8, 4) is 0 Å². The average molecular weight is 380 g/mol. The molecule has 0 radical (unpaired) electrons. The van der Waals surface area contributed by atoms with E-state index in [1.165, 1.54) is 0 Å². The van der Waals surface area contributed by atoms with Gasteiger partial charge in [0.05, 0.1) is 15.6 Å². The van der Waals surface area contributed by atoms with Gasteiger partial charge in [0.2, 0.25) is 0 Å². The van der Waals surface area contributed by atoms with Gasteiger partial charge in [0.15, 0.2) is 5.78 Å². The molecule has 1 nitrogen and oxygen atoms in total. The highest BCUT2D eigenvalue weighted by Gasteiger charge is 2.42. The molecule has 19 heavy (non-hydrogen) atoms. The Morgan fingerprint density at radius 3 is 2.26 bits per heavy atom. The number of hydrogen-bond donors (Lipinski definition) is 0. The Labute approximate surface area is 129 Å². The summed E-state index contributed by atoms with van der Waals surface area (Å²) < 4.78 is 0. The van der Waals surface area contributed by atoms with Crippen LogP contribution in [0.3, 0.4) is 0 Å². The summed E-state index contributed by atoms with van der Waals surface area (Å²) in [6, 6.07) is 17.9. The molecule has 0 heterocycles. The van der Waals surface area contributed by atoms with E-state index in [2.05, 4.69) is 44.0 Å². The van der Waals surface area contributed by atoms with E-state index in [1.54, 1.807) is 0 Å². The van der Waals surface area contributed by atoms with Gasteiger partial charge < -0.3 is 0 Å². The number of halogens is 2. The fraction of sp³-hybridized carbons (Fsp3) is 0.188. The van der Waals surface area contributed by atoms with E-state index >= 15 is 0 Å². The van der Waals surface area contributed by atoms with Crippen LogP contribution in [0, 0.1) is 5.92 Å². The van der Waals surface area contributed by atoms with Crippen LogP contribution in [-0.4, -0.2) is 5.78 Å². The van der Waals surface area contributed by atoms with Gasteiger partial charge >= 0.3 is 0 Å². The number of hydrogen-bond acceptors (Lipinski definition) is 1. The predicted octanol–water partition coefficient (Wildman–Crippen LogP) is 5.07. The lowest BCUT2D eigenvalue weighted by Gasteiger charge is -2.20. The molecule has 3 unspecified atom stereocenters.